The van der Waals surface area contributed by atoms with Gasteiger partial charge in [0.05, 0.1) is 5.02 Å². The number of nitrogens with two attached hydrogens (primary N) is 1. The molecule has 0 aliphatic rings. The molecule has 0 aromatic heterocycles. The van der Waals surface area contributed by atoms with Crippen molar-refractivity contribution >= 4 is 11.6 Å². The van der Waals surface area contributed by atoms with Crippen molar-refractivity contribution in [2.24, 2.45) is 5.73 Å². The first-order chi connectivity index (χ1) is 9.63. The normalized spacial score (nSPS) is 10.6. The molecule has 0 amide bonds. The second-order valence-electron chi connectivity index (χ2n) is 4.27. The van der Waals surface area contributed by atoms with Gasteiger partial charge in [-0.15, -0.1) is 0 Å². The Labute approximate surface area is 121 Å². The van der Waals surface area contributed by atoms with Crippen molar-refractivity contribution in [1.82, 2.24) is 0 Å². The van der Waals surface area contributed by atoms with Crippen LogP contribution in [-0.2, 0) is 13.0 Å². The fourth-order valence-electron chi connectivity index (χ4n) is 1.88. The average Bonchev–Trinajstić information content (AvgIpc) is 2.43. The first kappa shape index (κ1) is 14.8. The van der Waals surface area contributed by atoms with Crippen LogP contribution in [-0.4, -0.2) is 6.54 Å². The number of para-hydroxylation sites is 1. The summed E-state index contributed by atoms with van der Waals surface area (Å²) in [6.45, 7) is 0.357. The molecule has 2 N–H and O–H groups in total. The standard InChI is InChI=1S/C15H14ClF2NO/c16-12-5-1-3-10(7-8-19)15(12)20-9-11-4-2-6-13(17)14(11)18/h1-6H,7-9,19H2. The van der Waals surface area contributed by atoms with Gasteiger partial charge in [0.15, 0.2) is 11.6 Å². The van der Waals surface area contributed by atoms with Crippen molar-refractivity contribution in [3.05, 3.63) is 64.2 Å². The molecule has 0 spiro atoms. The molecule has 0 saturated heterocycles. The summed E-state index contributed by atoms with van der Waals surface area (Å²) in [4.78, 5) is 0. The molecule has 2 aromatic rings. The van der Waals surface area contributed by atoms with Crippen LogP contribution in [0.15, 0.2) is 36.4 Å². The molecule has 0 heterocycles. The zero-order chi connectivity index (χ0) is 14.5. The van der Waals surface area contributed by atoms with E-state index in [1.54, 1.807) is 12.1 Å². The third kappa shape index (κ3) is 3.26. The van der Waals surface area contributed by atoms with Gasteiger partial charge in [0.1, 0.15) is 12.4 Å². The minimum Gasteiger partial charge on any atom is -0.487 e. The largest absolute Gasteiger partial charge is 0.487 e. The van der Waals surface area contributed by atoms with Gasteiger partial charge in [0.2, 0.25) is 0 Å². The Bertz CT molecular complexity index is 604. The maximum atomic E-state index is 13.5. The van der Waals surface area contributed by atoms with Crippen molar-refractivity contribution in [3.63, 3.8) is 0 Å². The molecule has 0 aliphatic carbocycles. The summed E-state index contributed by atoms with van der Waals surface area (Å²) >= 11 is 6.07. The van der Waals surface area contributed by atoms with Gasteiger partial charge in [-0.1, -0.05) is 35.9 Å². The van der Waals surface area contributed by atoms with Crippen LogP contribution in [0.3, 0.4) is 0 Å². The van der Waals surface area contributed by atoms with E-state index in [1.807, 2.05) is 6.07 Å². The summed E-state index contributed by atoms with van der Waals surface area (Å²) in [7, 11) is 0. The van der Waals surface area contributed by atoms with E-state index >= 15 is 0 Å². The average molecular weight is 298 g/mol. The van der Waals surface area contributed by atoms with Crippen molar-refractivity contribution in [2.45, 2.75) is 13.0 Å². The summed E-state index contributed by atoms with van der Waals surface area (Å²) in [5.41, 5.74) is 6.51. The van der Waals surface area contributed by atoms with E-state index in [-0.39, 0.29) is 12.2 Å². The Kier molecular flexibility index (Phi) is 4.93. The lowest BCUT2D eigenvalue weighted by molar-refractivity contribution is 0.294. The Balaban J connectivity index is 2.20. The fourth-order valence-corrected chi connectivity index (χ4v) is 2.13. The zero-order valence-electron chi connectivity index (χ0n) is 10.7. The summed E-state index contributed by atoms with van der Waals surface area (Å²) < 4.78 is 32.2. The number of benzene rings is 2. The van der Waals surface area contributed by atoms with E-state index in [2.05, 4.69) is 0 Å². The van der Waals surface area contributed by atoms with Gasteiger partial charge in [0, 0.05) is 5.56 Å². The molecule has 0 atom stereocenters. The third-order valence-corrected chi connectivity index (χ3v) is 3.16. The lowest BCUT2D eigenvalue weighted by Crippen LogP contribution is -2.06. The molecule has 0 saturated carbocycles. The quantitative estimate of drug-likeness (QED) is 0.913. The van der Waals surface area contributed by atoms with E-state index in [9.17, 15) is 8.78 Å². The van der Waals surface area contributed by atoms with Gasteiger partial charge in [0.25, 0.3) is 0 Å². The van der Waals surface area contributed by atoms with Gasteiger partial charge < -0.3 is 10.5 Å². The Morgan fingerprint density at radius 2 is 1.75 bits per heavy atom. The third-order valence-electron chi connectivity index (χ3n) is 2.87. The topological polar surface area (TPSA) is 35.2 Å². The van der Waals surface area contributed by atoms with Crippen LogP contribution in [0.5, 0.6) is 5.75 Å². The second kappa shape index (κ2) is 6.68. The van der Waals surface area contributed by atoms with Crippen LogP contribution in [0.25, 0.3) is 0 Å². The molecule has 0 radical (unpaired) electrons. The molecule has 5 heteroatoms. The SMILES string of the molecule is NCCc1cccc(Cl)c1OCc1cccc(F)c1F. The molecule has 2 nitrogen and oxygen atoms in total. The van der Waals surface area contributed by atoms with E-state index in [0.717, 1.165) is 11.6 Å². The summed E-state index contributed by atoms with van der Waals surface area (Å²) in [6.07, 6.45) is 0.599. The Hall–Kier alpha value is -1.65. The highest BCUT2D eigenvalue weighted by molar-refractivity contribution is 6.32. The predicted octanol–water partition coefficient (Wildman–Crippen LogP) is 3.70. The van der Waals surface area contributed by atoms with Crippen molar-refractivity contribution < 1.29 is 13.5 Å². The summed E-state index contributed by atoms with van der Waals surface area (Å²) in [6, 6.07) is 9.29. The maximum absolute atomic E-state index is 13.5. The molecule has 106 valence electrons. The fraction of sp³-hybridized carbons (Fsp3) is 0.200. The highest BCUT2D eigenvalue weighted by atomic mass is 35.5. The van der Waals surface area contributed by atoms with Crippen LogP contribution < -0.4 is 10.5 Å². The minimum atomic E-state index is -0.903. The van der Waals surface area contributed by atoms with Crippen molar-refractivity contribution in [1.29, 1.82) is 0 Å². The number of hydrogen-bond donors (Lipinski definition) is 1. The monoisotopic (exact) mass is 297 g/mol. The van der Waals surface area contributed by atoms with Crippen LogP contribution in [0, 0.1) is 11.6 Å². The smallest absolute Gasteiger partial charge is 0.165 e. The Morgan fingerprint density at radius 1 is 1.05 bits per heavy atom. The van der Waals surface area contributed by atoms with Crippen LogP contribution in [0.2, 0.25) is 5.02 Å². The summed E-state index contributed by atoms with van der Waals surface area (Å²) in [5, 5.41) is 0.424. The number of rotatable bonds is 5. The molecule has 2 aromatic carbocycles. The molecule has 0 fully saturated rings. The van der Waals surface area contributed by atoms with Crippen LogP contribution in [0.4, 0.5) is 8.78 Å². The van der Waals surface area contributed by atoms with Gasteiger partial charge in [-0.05, 0) is 30.7 Å². The number of ether oxygens (including phenoxy) is 1. The summed E-state index contributed by atoms with van der Waals surface area (Å²) in [5.74, 6) is -1.34. The van der Waals surface area contributed by atoms with Crippen LogP contribution in [0.1, 0.15) is 11.1 Å². The highest BCUT2D eigenvalue weighted by Crippen LogP contribution is 2.30. The first-order valence-corrected chi connectivity index (χ1v) is 6.54. The van der Waals surface area contributed by atoms with E-state index in [4.69, 9.17) is 22.1 Å². The number of hydrogen-bond acceptors (Lipinski definition) is 2. The maximum Gasteiger partial charge on any atom is 0.165 e. The molecular weight excluding hydrogens is 284 g/mol. The van der Waals surface area contributed by atoms with Gasteiger partial charge in [-0.25, -0.2) is 8.78 Å². The van der Waals surface area contributed by atoms with E-state index < -0.39 is 11.6 Å². The second-order valence-corrected chi connectivity index (χ2v) is 4.68. The lowest BCUT2D eigenvalue weighted by Gasteiger charge is -2.13. The van der Waals surface area contributed by atoms with E-state index in [0.29, 0.717) is 23.7 Å². The molecule has 2 rings (SSSR count). The lowest BCUT2D eigenvalue weighted by atomic mass is 10.1. The van der Waals surface area contributed by atoms with Crippen molar-refractivity contribution in [3.8, 4) is 5.75 Å². The van der Waals surface area contributed by atoms with Crippen molar-refractivity contribution in [2.75, 3.05) is 6.54 Å². The number of halogens is 3. The molecule has 0 bridgehead atoms. The minimum absolute atomic E-state index is 0.0924. The molecule has 20 heavy (non-hydrogen) atoms. The van der Waals surface area contributed by atoms with Crippen LogP contribution >= 0.6 is 11.6 Å². The first-order valence-electron chi connectivity index (χ1n) is 6.16. The zero-order valence-corrected chi connectivity index (χ0v) is 11.5. The van der Waals surface area contributed by atoms with E-state index in [1.165, 1.54) is 12.1 Å². The van der Waals surface area contributed by atoms with Gasteiger partial charge >= 0.3 is 0 Å². The molecular formula is C15H14ClF2NO. The molecule has 0 unspecified atom stereocenters. The Morgan fingerprint density at radius 3 is 2.50 bits per heavy atom. The predicted molar refractivity (Wildman–Crippen MR) is 74.9 cm³/mol. The van der Waals surface area contributed by atoms with Gasteiger partial charge in [-0.2, -0.15) is 0 Å². The molecule has 0 aliphatic heterocycles. The highest BCUT2D eigenvalue weighted by Gasteiger charge is 2.11. The van der Waals surface area contributed by atoms with Gasteiger partial charge in [-0.3, -0.25) is 0 Å².